The van der Waals surface area contributed by atoms with E-state index < -0.39 is 33.6 Å². The van der Waals surface area contributed by atoms with Crippen LogP contribution >= 0.6 is 0 Å². The molecular weight excluding hydrogens is 423 g/mol. The first kappa shape index (κ1) is 22.9. The van der Waals surface area contributed by atoms with Crippen molar-refractivity contribution in [1.29, 1.82) is 0 Å². The number of benzene rings is 2. The van der Waals surface area contributed by atoms with Crippen LogP contribution in [0.25, 0.3) is 0 Å². The van der Waals surface area contributed by atoms with Crippen LogP contribution < -0.4 is 5.32 Å². The number of nitrogens with zero attached hydrogens (tertiary/aromatic N) is 1. The molecule has 0 saturated carbocycles. The summed E-state index contributed by atoms with van der Waals surface area (Å²) in [6.07, 6.45) is 0.591. The molecule has 1 saturated heterocycles. The first-order valence-electron chi connectivity index (χ1n) is 10.0. The van der Waals surface area contributed by atoms with Crippen LogP contribution in [0.5, 0.6) is 0 Å². The zero-order chi connectivity index (χ0) is 22.4. The van der Waals surface area contributed by atoms with E-state index in [1.807, 2.05) is 31.2 Å². The Labute approximate surface area is 181 Å². The average molecular weight is 449 g/mol. The van der Waals surface area contributed by atoms with Crippen molar-refractivity contribution in [2.45, 2.75) is 31.2 Å². The number of amides is 1. The number of esters is 1. The number of carbonyl (C=O) groups is 2. The third kappa shape index (κ3) is 5.89. The van der Waals surface area contributed by atoms with E-state index in [0.29, 0.717) is 19.4 Å². The lowest BCUT2D eigenvalue weighted by atomic mass is 9.98. The van der Waals surface area contributed by atoms with E-state index in [-0.39, 0.29) is 24.6 Å². The predicted molar refractivity (Wildman–Crippen MR) is 112 cm³/mol. The number of rotatable bonds is 7. The Morgan fingerprint density at radius 3 is 2.39 bits per heavy atom. The molecule has 0 spiro atoms. The number of sulfonamides is 1. The van der Waals surface area contributed by atoms with E-state index in [9.17, 15) is 22.4 Å². The van der Waals surface area contributed by atoms with Crippen LogP contribution in [-0.2, 0) is 30.9 Å². The van der Waals surface area contributed by atoms with E-state index in [4.69, 9.17) is 4.74 Å². The molecule has 1 amide bonds. The number of halogens is 1. The summed E-state index contributed by atoms with van der Waals surface area (Å²) in [5.41, 5.74) is 2.04. The number of piperidine rings is 1. The van der Waals surface area contributed by atoms with Gasteiger partial charge in [-0.05, 0) is 55.2 Å². The minimum atomic E-state index is -3.74. The molecule has 1 heterocycles. The molecule has 7 nitrogen and oxygen atoms in total. The molecular formula is C22H25FN2O5S. The average Bonchev–Trinajstić information content (AvgIpc) is 2.77. The molecule has 0 aromatic heterocycles. The summed E-state index contributed by atoms with van der Waals surface area (Å²) < 4.78 is 44.7. The highest BCUT2D eigenvalue weighted by atomic mass is 32.2. The van der Waals surface area contributed by atoms with Crippen molar-refractivity contribution in [2.75, 3.05) is 19.7 Å². The summed E-state index contributed by atoms with van der Waals surface area (Å²) in [4.78, 5) is 24.3. The molecule has 1 aliphatic rings. The van der Waals surface area contributed by atoms with Crippen LogP contribution in [0.2, 0.25) is 0 Å². The summed E-state index contributed by atoms with van der Waals surface area (Å²) in [5.74, 6) is -1.88. The van der Waals surface area contributed by atoms with Gasteiger partial charge in [0.1, 0.15) is 5.82 Å². The highest BCUT2D eigenvalue weighted by Crippen LogP contribution is 2.24. The topological polar surface area (TPSA) is 92.8 Å². The molecule has 1 fully saturated rings. The molecule has 0 atom stereocenters. The summed E-state index contributed by atoms with van der Waals surface area (Å²) in [6, 6.07) is 12.3. The van der Waals surface area contributed by atoms with Gasteiger partial charge in [0, 0.05) is 19.6 Å². The van der Waals surface area contributed by atoms with Gasteiger partial charge in [-0.1, -0.05) is 24.3 Å². The van der Waals surface area contributed by atoms with Gasteiger partial charge in [-0.25, -0.2) is 12.8 Å². The van der Waals surface area contributed by atoms with Crippen molar-refractivity contribution < 1.29 is 27.1 Å². The number of carbonyl (C=O) groups excluding carboxylic acids is 2. The van der Waals surface area contributed by atoms with E-state index in [1.54, 1.807) is 0 Å². The number of nitrogens with one attached hydrogen (secondary N) is 1. The normalized spacial score (nSPS) is 15.4. The zero-order valence-electron chi connectivity index (χ0n) is 17.2. The van der Waals surface area contributed by atoms with Crippen molar-refractivity contribution in [3.63, 3.8) is 0 Å². The van der Waals surface area contributed by atoms with E-state index >= 15 is 0 Å². The molecule has 0 radical (unpaired) electrons. The molecule has 3 rings (SSSR count). The molecule has 1 N–H and O–H groups in total. The van der Waals surface area contributed by atoms with E-state index in [2.05, 4.69) is 5.32 Å². The maximum Gasteiger partial charge on any atom is 0.309 e. The van der Waals surface area contributed by atoms with Crippen molar-refractivity contribution >= 4 is 21.9 Å². The minimum absolute atomic E-state index is 0.0141. The van der Waals surface area contributed by atoms with Gasteiger partial charge in [-0.2, -0.15) is 4.31 Å². The van der Waals surface area contributed by atoms with Crippen molar-refractivity contribution in [3.8, 4) is 0 Å². The van der Waals surface area contributed by atoms with E-state index in [1.165, 1.54) is 16.4 Å². The maximum absolute atomic E-state index is 13.1. The number of hydrogen-bond acceptors (Lipinski definition) is 5. The Kier molecular flexibility index (Phi) is 7.40. The Morgan fingerprint density at radius 1 is 1.10 bits per heavy atom. The lowest BCUT2D eigenvalue weighted by molar-refractivity contribution is -0.153. The van der Waals surface area contributed by atoms with Crippen molar-refractivity contribution in [3.05, 3.63) is 65.5 Å². The molecule has 0 bridgehead atoms. The van der Waals surface area contributed by atoms with Gasteiger partial charge in [-0.3, -0.25) is 9.59 Å². The van der Waals surface area contributed by atoms with Crippen LogP contribution in [-0.4, -0.2) is 44.3 Å². The Hall–Kier alpha value is -2.78. The monoisotopic (exact) mass is 448 g/mol. The first-order chi connectivity index (χ1) is 14.8. The molecule has 0 aliphatic carbocycles. The highest BCUT2D eigenvalue weighted by Gasteiger charge is 2.33. The van der Waals surface area contributed by atoms with Gasteiger partial charge >= 0.3 is 5.97 Å². The lowest BCUT2D eigenvalue weighted by Crippen LogP contribution is -2.41. The summed E-state index contributed by atoms with van der Waals surface area (Å²) in [5, 5.41) is 2.72. The van der Waals surface area contributed by atoms with Crippen LogP contribution in [0.3, 0.4) is 0 Å². The highest BCUT2D eigenvalue weighted by molar-refractivity contribution is 7.89. The third-order valence-electron chi connectivity index (χ3n) is 5.32. The zero-order valence-corrected chi connectivity index (χ0v) is 18.0. The van der Waals surface area contributed by atoms with Gasteiger partial charge in [-0.15, -0.1) is 0 Å². The largest absolute Gasteiger partial charge is 0.455 e. The number of aryl methyl sites for hydroxylation is 1. The molecule has 2 aromatic rings. The standard InChI is InChI=1S/C22H25FN2O5S/c1-16-4-2-3-5-18(16)14-24-21(26)15-30-22(27)17-10-12-25(13-11-17)31(28,29)20-8-6-19(23)7-9-20/h2-9,17H,10-15H2,1H3,(H,24,26). The Balaban J connectivity index is 1.44. The first-order valence-corrected chi connectivity index (χ1v) is 11.4. The van der Waals surface area contributed by atoms with Gasteiger partial charge < -0.3 is 10.1 Å². The molecule has 31 heavy (non-hydrogen) atoms. The van der Waals surface area contributed by atoms with Gasteiger partial charge in [0.05, 0.1) is 10.8 Å². The minimum Gasteiger partial charge on any atom is -0.455 e. The summed E-state index contributed by atoms with van der Waals surface area (Å²) >= 11 is 0. The fourth-order valence-electron chi connectivity index (χ4n) is 3.40. The second-order valence-corrected chi connectivity index (χ2v) is 9.38. The quantitative estimate of drug-likeness (QED) is 0.657. The lowest BCUT2D eigenvalue weighted by Gasteiger charge is -2.30. The molecule has 9 heteroatoms. The fraction of sp³-hybridized carbons (Fsp3) is 0.364. The predicted octanol–water partition coefficient (Wildman–Crippen LogP) is 2.39. The Bertz CT molecular complexity index is 1030. The molecule has 0 unspecified atom stereocenters. The Morgan fingerprint density at radius 2 is 1.74 bits per heavy atom. The smallest absolute Gasteiger partial charge is 0.309 e. The second-order valence-electron chi connectivity index (χ2n) is 7.44. The van der Waals surface area contributed by atoms with Crippen molar-refractivity contribution in [2.24, 2.45) is 5.92 Å². The van der Waals surface area contributed by atoms with Gasteiger partial charge in [0.25, 0.3) is 5.91 Å². The molecule has 1 aliphatic heterocycles. The van der Waals surface area contributed by atoms with E-state index in [0.717, 1.165) is 23.3 Å². The molecule has 2 aromatic carbocycles. The number of ether oxygens (including phenoxy) is 1. The fourth-order valence-corrected chi connectivity index (χ4v) is 4.86. The van der Waals surface area contributed by atoms with Crippen LogP contribution in [0.4, 0.5) is 4.39 Å². The third-order valence-corrected chi connectivity index (χ3v) is 7.23. The van der Waals surface area contributed by atoms with Crippen LogP contribution in [0, 0.1) is 18.7 Å². The van der Waals surface area contributed by atoms with Gasteiger partial charge in [0.2, 0.25) is 10.0 Å². The summed E-state index contributed by atoms with van der Waals surface area (Å²) in [7, 11) is -3.74. The van der Waals surface area contributed by atoms with Crippen LogP contribution in [0.1, 0.15) is 24.0 Å². The second kappa shape index (κ2) is 10.0. The molecule has 166 valence electrons. The number of hydrogen-bond donors (Lipinski definition) is 1. The van der Waals surface area contributed by atoms with Gasteiger partial charge in [0.15, 0.2) is 6.61 Å². The SMILES string of the molecule is Cc1ccccc1CNC(=O)COC(=O)C1CCN(S(=O)(=O)c2ccc(F)cc2)CC1. The summed E-state index contributed by atoms with van der Waals surface area (Å²) in [6.45, 7) is 2.23. The maximum atomic E-state index is 13.1. The van der Waals surface area contributed by atoms with Crippen molar-refractivity contribution in [1.82, 2.24) is 9.62 Å². The van der Waals surface area contributed by atoms with Crippen LogP contribution in [0.15, 0.2) is 53.4 Å².